The third-order valence-corrected chi connectivity index (χ3v) is 7.61. The number of fused-ring (bicyclic) bond motifs is 1. The third-order valence-electron chi connectivity index (χ3n) is 5.90. The molecule has 3 atom stereocenters. The molecule has 4 N–H and O–H groups in total. The van der Waals surface area contributed by atoms with Gasteiger partial charge < -0.3 is 5.32 Å². The molecule has 2 fully saturated rings. The van der Waals surface area contributed by atoms with E-state index in [1.54, 1.807) is 0 Å². The summed E-state index contributed by atoms with van der Waals surface area (Å²) in [6.45, 7) is 0.812. The van der Waals surface area contributed by atoms with E-state index in [-0.39, 0.29) is 27.2 Å². The Morgan fingerprint density at radius 1 is 1.12 bits per heavy atom. The molecule has 2 aromatic rings. The number of nitrogens with one attached hydrogen (secondary N) is 4. The Balaban J connectivity index is 1.50. The molecule has 0 spiro atoms. The third kappa shape index (κ3) is 5.43. The summed E-state index contributed by atoms with van der Waals surface area (Å²) in [5, 5.41) is 2.99. The molecule has 1 heterocycles. The highest BCUT2D eigenvalue weighted by Crippen LogP contribution is 2.32. The fraction of sp³-hybridized carbons (Fsp3) is 0.381. The monoisotopic (exact) mass is 502 g/mol. The lowest BCUT2D eigenvalue weighted by atomic mass is 9.83. The van der Waals surface area contributed by atoms with E-state index in [0.29, 0.717) is 18.0 Å². The smallest absolute Gasteiger partial charge is 0.349 e. The minimum Gasteiger partial charge on any atom is -0.349 e. The molecular formula is C21H22ClF3N4O3S. The second-order valence-electron chi connectivity index (χ2n) is 8.20. The van der Waals surface area contributed by atoms with E-state index in [9.17, 15) is 26.4 Å². The summed E-state index contributed by atoms with van der Waals surface area (Å²) in [7, 11) is -4.27. The summed E-state index contributed by atoms with van der Waals surface area (Å²) in [6.07, 6.45) is -2.17. The van der Waals surface area contributed by atoms with Crippen LogP contribution >= 0.6 is 11.6 Å². The molecule has 1 aliphatic carbocycles. The molecule has 0 aromatic heterocycles. The van der Waals surface area contributed by atoms with Crippen molar-refractivity contribution in [2.75, 3.05) is 11.3 Å². The highest BCUT2D eigenvalue weighted by Gasteiger charge is 2.35. The van der Waals surface area contributed by atoms with Crippen molar-refractivity contribution in [1.82, 2.24) is 16.2 Å². The Labute approximate surface area is 194 Å². The molecule has 0 radical (unpaired) electrons. The molecule has 178 valence electrons. The van der Waals surface area contributed by atoms with Crippen molar-refractivity contribution >= 4 is 33.2 Å². The fourth-order valence-corrected chi connectivity index (χ4v) is 5.49. The van der Waals surface area contributed by atoms with Crippen LogP contribution in [0.2, 0.25) is 5.02 Å². The first-order valence-electron chi connectivity index (χ1n) is 10.3. The Morgan fingerprint density at radius 3 is 2.67 bits per heavy atom. The second-order valence-corrected chi connectivity index (χ2v) is 10.3. The number of sulfonamides is 1. The predicted octanol–water partition coefficient (Wildman–Crippen LogP) is 3.53. The number of carbonyl (C=O) groups is 1. The largest absolute Gasteiger partial charge is 0.416 e. The zero-order valence-corrected chi connectivity index (χ0v) is 18.8. The molecule has 3 unspecified atom stereocenters. The molecule has 1 amide bonds. The molecule has 12 heteroatoms. The average Bonchev–Trinajstić information content (AvgIpc) is 3.21. The van der Waals surface area contributed by atoms with Gasteiger partial charge in [-0.1, -0.05) is 17.7 Å². The number of carbonyl (C=O) groups excluding carboxylic acids is 1. The average molecular weight is 503 g/mol. The maximum Gasteiger partial charge on any atom is 0.416 e. The molecular weight excluding hydrogens is 481 g/mol. The second kappa shape index (κ2) is 9.13. The van der Waals surface area contributed by atoms with Crippen LogP contribution in [0.25, 0.3) is 0 Å². The lowest BCUT2D eigenvalue weighted by molar-refractivity contribution is -0.137. The summed E-state index contributed by atoms with van der Waals surface area (Å²) >= 11 is 6.16. The number of amides is 1. The van der Waals surface area contributed by atoms with Gasteiger partial charge in [0, 0.05) is 24.3 Å². The van der Waals surface area contributed by atoms with Crippen LogP contribution in [0.5, 0.6) is 0 Å². The fourth-order valence-electron chi connectivity index (χ4n) is 4.21. The summed E-state index contributed by atoms with van der Waals surface area (Å²) in [6, 6.07) is 7.74. The number of benzene rings is 2. The van der Waals surface area contributed by atoms with E-state index < -0.39 is 27.7 Å². The normalized spacial score (nSPS) is 23.1. The van der Waals surface area contributed by atoms with E-state index in [1.165, 1.54) is 18.2 Å². The topological polar surface area (TPSA) is 99.3 Å². The van der Waals surface area contributed by atoms with Gasteiger partial charge >= 0.3 is 6.18 Å². The zero-order valence-electron chi connectivity index (χ0n) is 17.2. The number of hydrazine groups is 1. The SMILES string of the molecule is O=C(NC1CCC2NNCC2C1)c1cc(S(=O)(=O)Nc2cccc(C(F)(F)F)c2)ccc1Cl. The highest BCUT2D eigenvalue weighted by atomic mass is 35.5. The summed E-state index contributed by atoms with van der Waals surface area (Å²) < 4.78 is 66.5. The maximum atomic E-state index is 12.9. The molecule has 1 saturated heterocycles. The number of halogens is 4. The van der Waals surface area contributed by atoms with Gasteiger partial charge in [0.15, 0.2) is 0 Å². The zero-order chi connectivity index (χ0) is 23.8. The number of anilines is 1. The van der Waals surface area contributed by atoms with E-state index in [2.05, 4.69) is 20.9 Å². The van der Waals surface area contributed by atoms with Crippen molar-refractivity contribution < 1.29 is 26.4 Å². The van der Waals surface area contributed by atoms with E-state index in [1.807, 2.05) is 0 Å². The van der Waals surface area contributed by atoms with Crippen molar-refractivity contribution in [2.45, 2.75) is 42.4 Å². The van der Waals surface area contributed by atoms with Gasteiger partial charge in [0.1, 0.15) is 0 Å². The molecule has 7 nitrogen and oxygen atoms in total. The van der Waals surface area contributed by atoms with Gasteiger partial charge in [0.05, 0.1) is 21.0 Å². The van der Waals surface area contributed by atoms with Gasteiger partial charge in [-0.2, -0.15) is 13.2 Å². The van der Waals surface area contributed by atoms with Crippen LogP contribution in [0.4, 0.5) is 18.9 Å². The van der Waals surface area contributed by atoms with Gasteiger partial charge in [-0.05, 0) is 61.6 Å². The van der Waals surface area contributed by atoms with Crippen LogP contribution in [0, 0.1) is 5.92 Å². The van der Waals surface area contributed by atoms with Crippen LogP contribution in [-0.2, 0) is 16.2 Å². The van der Waals surface area contributed by atoms with Crippen LogP contribution in [0.3, 0.4) is 0 Å². The van der Waals surface area contributed by atoms with E-state index in [4.69, 9.17) is 11.6 Å². The predicted molar refractivity (Wildman–Crippen MR) is 117 cm³/mol. The van der Waals surface area contributed by atoms with Gasteiger partial charge in [-0.15, -0.1) is 0 Å². The Bertz CT molecular complexity index is 1160. The minimum atomic E-state index is -4.61. The minimum absolute atomic E-state index is 0.0200. The highest BCUT2D eigenvalue weighted by molar-refractivity contribution is 7.92. The first-order chi connectivity index (χ1) is 15.5. The van der Waals surface area contributed by atoms with Gasteiger partial charge in [0.2, 0.25) is 0 Å². The van der Waals surface area contributed by atoms with Crippen molar-refractivity contribution in [3.05, 3.63) is 58.6 Å². The maximum absolute atomic E-state index is 12.9. The molecule has 0 bridgehead atoms. The molecule has 1 aliphatic heterocycles. The van der Waals surface area contributed by atoms with Crippen LogP contribution in [0.1, 0.15) is 35.2 Å². The number of rotatable bonds is 5. The Morgan fingerprint density at radius 2 is 1.91 bits per heavy atom. The Hall–Kier alpha value is -2.34. The number of alkyl halides is 3. The van der Waals surface area contributed by atoms with Crippen molar-refractivity contribution in [3.63, 3.8) is 0 Å². The lowest BCUT2D eigenvalue weighted by Crippen LogP contribution is -2.44. The first-order valence-corrected chi connectivity index (χ1v) is 12.2. The summed E-state index contributed by atoms with van der Waals surface area (Å²) in [4.78, 5) is 12.6. The van der Waals surface area contributed by atoms with Crippen LogP contribution < -0.4 is 20.9 Å². The Kier molecular flexibility index (Phi) is 6.59. The van der Waals surface area contributed by atoms with Gasteiger partial charge in [0.25, 0.3) is 15.9 Å². The van der Waals surface area contributed by atoms with Crippen molar-refractivity contribution in [1.29, 1.82) is 0 Å². The van der Waals surface area contributed by atoms with E-state index in [0.717, 1.165) is 44.0 Å². The molecule has 2 aromatic carbocycles. The lowest BCUT2D eigenvalue weighted by Gasteiger charge is -2.31. The molecule has 4 rings (SSSR count). The number of hydrogen-bond acceptors (Lipinski definition) is 5. The summed E-state index contributed by atoms with van der Waals surface area (Å²) in [5.41, 5.74) is 5.07. The quantitative estimate of drug-likeness (QED) is 0.501. The van der Waals surface area contributed by atoms with Gasteiger partial charge in [-0.25, -0.2) is 8.42 Å². The standard InChI is InChI=1S/C21H22ClF3N4O3S/c22-18-6-5-16(33(31,32)29-15-3-1-2-13(9-15)21(23,24)25)10-17(18)20(30)27-14-4-7-19-12(8-14)11-26-28-19/h1-3,5-6,9-10,12,14,19,26,28-29H,4,7-8,11H2,(H,27,30). The first kappa shape index (κ1) is 23.8. The van der Waals surface area contributed by atoms with E-state index >= 15 is 0 Å². The molecule has 1 saturated carbocycles. The summed E-state index contributed by atoms with van der Waals surface area (Å²) in [5.74, 6) is -0.110. The number of hydrogen-bond donors (Lipinski definition) is 4. The molecule has 33 heavy (non-hydrogen) atoms. The molecule has 2 aliphatic rings. The van der Waals surface area contributed by atoms with Crippen molar-refractivity contribution in [2.24, 2.45) is 5.92 Å². The van der Waals surface area contributed by atoms with Crippen molar-refractivity contribution in [3.8, 4) is 0 Å². The van der Waals surface area contributed by atoms with Crippen LogP contribution in [0.15, 0.2) is 47.4 Å². The van der Waals surface area contributed by atoms with Gasteiger partial charge in [-0.3, -0.25) is 20.4 Å². The van der Waals surface area contributed by atoms with Crippen LogP contribution in [-0.4, -0.2) is 33.0 Å².